The van der Waals surface area contributed by atoms with Crippen LogP contribution in [0.5, 0.6) is 0 Å². The number of hydrogen-bond donors (Lipinski definition) is 0. The largest absolute Gasteiger partial charge is 0.293 e. The Balaban J connectivity index is 3.13. The minimum Gasteiger partial charge on any atom is -0.293 e. The lowest BCUT2D eigenvalue weighted by Gasteiger charge is -2.08. The van der Waals surface area contributed by atoms with E-state index >= 15 is 0 Å². The summed E-state index contributed by atoms with van der Waals surface area (Å²) in [5.74, 6) is -0.780. The predicted molar refractivity (Wildman–Crippen MR) is 59.9 cm³/mol. The topological polar surface area (TPSA) is 40.9 Å². The van der Waals surface area contributed by atoms with Gasteiger partial charge in [-0.25, -0.2) is 0 Å². The highest BCUT2D eigenvalue weighted by molar-refractivity contribution is 6.34. The molecular formula is C12H12ClNO. The molecular weight excluding hydrogens is 210 g/mol. The molecule has 1 unspecified atom stereocenters. The fraction of sp³-hybridized carbons (Fsp3) is 0.333. The van der Waals surface area contributed by atoms with Gasteiger partial charge in [0.1, 0.15) is 5.92 Å². The van der Waals surface area contributed by atoms with Gasteiger partial charge in [0.25, 0.3) is 0 Å². The number of nitriles is 1. The number of Topliss-reactive ketones (excluding diaryl/α,β-unsaturated/α-hetero) is 1. The van der Waals surface area contributed by atoms with E-state index in [1.807, 2.05) is 26.0 Å². The molecule has 1 aromatic rings. The molecule has 0 amide bonds. The molecule has 3 heteroatoms. The van der Waals surface area contributed by atoms with Crippen LogP contribution in [0.25, 0.3) is 0 Å². The molecule has 0 saturated heterocycles. The number of benzene rings is 1. The predicted octanol–water partition coefficient (Wildman–Crippen LogP) is 3.38. The summed E-state index contributed by atoms with van der Waals surface area (Å²) in [4.78, 5) is 11.9. The van der Waals surface area contributed by atoms with Crippen LogP contribution >= 0.6 is 11.6 Å². The van der Waals surface area contributed by atoms with E-state index in [0.29, 0.717) is 17.0 Å². The Hall–Kier alpha value is -1.33. The zero-order chi connectivity index (χ0) is 11.4. The molecule has 1 rings (SSSR count). The van der Waals surface area contributed by atoms with E-state index in [1.165, 1.54) is 0 Å². The first-order chi connectivity index (χ1) is 7.11. The number of halogens is 1. The Morgan fingerprint density at radius 3 is 2.80 bits per heavy atom. The number of ketones is 1. The lowest BCUT2D eigenvalue weighted by molar-refractivity contribution is 0.0946. The Bertz CT molecular complexity index is 420. The number of nitrogens with zero attached hydrogens (tertiary/aromatic N) is 1. The van der Waals surface area contributed by atoms with Gasteiger partial charge in [-0.15, -0.1) is 0 Å². The first-order valence-corrected chi connectivity index (χ1v) is 5.18. The van der Waals surface area contributed by atoms with Crippen molar-refractivity contribution in [1.82, 2.24) is 0 Å². The molecule has 0 aliphatic carbocycles. The number of carbonyl (C=O) groups is 1. The quantitative estimate of drug-likeness (QED) is 0.735. The van der Waals surface area contributed by atoms with Crippen LogP contribution in [0.1, 0.15) is 29.3 Å². The minimum atomic E-state index is -0.593. The fourth-order valence-electron chi connectivity index (χ4n) is 1.36. The van der Waals surface area contributed by atoms with E-state index in [2.05, 4.69) is 0 Å². The van der Waals surface area contributed by atoms with Gasteiger partial charge in [-0.05, 0) is 25.0 Å². The van der Waals surface area contributed by atoms with Gasteiger partial charge in [-0.1, -0.05) is 30.7 Å². The molecule has 2 nitrogen and oxygen atoms in total. The summed E-state index contributed by atoms with van der Waals surface area (Å²) < 4.78 is 0. The summed E-state index contributed by atoms with van der Waals surface area (Å²) in [7, 11) is 0. The van der Waals surface area contributed by atoms with Gasteiger partial charge in [0.05, 0.1) is 11.1 Å². The second-order valence-corrected chi connectivity index (χ2v) is 3.77. The second kappa shape index (κ2) is 4.95. The molecule has 0 radical (unpaired) electrons. The van der Waals surface area contributed by atoms with E-state index in [-0.39, 0.29) is 5.78 Å². The lowest BCUT2D eigenvalue weighted by Crippen LogP contribution is -2.12. The highest BCUT2D eigenvalue weighted by Crippen LogP contribution is 2.23. The molecule has 0 aromatic heterocycles. The Morgan fingerprint density at radius 2 is 2.27 bits per heavy atom. The van der Waals surface area contributed by atoms with E-state index in [9.17, 15) is 4.79 Å². The maximum absolute atomic E-state index is 11.9. The Morgan fingerprint density at radius 1 is 1.60 bits per heavy atom. The summed E-state index contributed by atoms with van der Waals surface area (Å²) in [5.41, 5.74) is 1.31. The second-order valence-electron chi connectivity index (χ2n) is 3.39. The monoisotopic (exact) mass is 221 g/mol. The zero-order valence-electron chi connectivity index (χ0n) is 8.75. The average molecular weight is 222 g/mol. The van der Waals surface area contributed by atoms with Gasteiger partial charge in [0, 0.05) is 5.56 Å². The van der Waals surface area contributed by atoms with E-state index in [4.69, 9.17) is 16.9 Å². The standard InChI is InChI=1S/C12H12ClNO/c1-3-9(7-14)12(15)10-6-4-5-8(2)11(10)13/h4-6,9H,3H2,1-2H3. The SMILES string of the molecule is CCC(C#N)C(=O)c1cccc(C)c1Cl. The Kier molecular flexibility index (Phi) is 3.88. The van der Waals surface area contributed by atoms with Crippen molar-refractivity contribution in [3.8, 4) is 6.07 Å². The molecule has 1 aromatic carbocycles. The summed E-state index contributed by atoms with van der Waals surface area (Å²) in [6.07, 6.45) is 0.513. The van der Waals surface area contributed by atoms with Crippen molar-refractivity contribution < 1.29 is 4.79 Å². The zero-order valence-corrected chi connectivity index (χ0v) is 9.51. The first-order valence-electron chi connectivity index (χ1n) is 4.80. The maximum atomic E-state index is 11.9. The third-order valence-corrected chi connectivity index (χ3v) is 2.84. The van der Waals surface area contributed by atoms with Crippen molar-refractivity contribution in [3.63, 3.8) is 0 Å². The summed E-state index contributed by atoms with van der Waals surface area (Å²) in [6, 6.07) is 7.27. The molecule has 1 atom stereocenters. The average Bonchev–Trinajstić information content (AvgIpc) is 2.23. The van der Waals surface area contributed by atoms with E-state index < -0.39 is 5.92 Å². The molecule has 78 valence electrons. The molecule has 0 N–H and O–H groups in total. The van der Waals surface area contributed by atoms with E-state index in [1.54, 1.807) is 12.1 Å². The van der Waals surface area contributed by atoms with Gasteiger partial charge >= 0.3 is 0 Å². The normalized spacial score (nSPS) is 11.9. The van der Waals surface area contributed by atoms with Gasteiger partial charge in [-0.3, -0.25) is 4.79 Å². The van der Waals surface area contributed by atoms with Crippen LogP contribution in [0.3, 0.4) is 0 Å². The Labute approximate surface area is 94.5 Å². The van der Waals surface area contributed by atoms with Crippen molar-refractivity contribution in [3.05, 3.63) is 34.3 Å². The summed E-state index contributed by atoms with van der Waals surface area (Å²) in [5, 5.41) is 9.26. The van der Waals surface area contributed by atoms with Crippen molar-refractivity contribution >= 4 is 17.4 Å². The third kappa shape index (κ3) is 2.37. The maximum Gasteiger partial charge on any atom is 0.181 e. The van der Waals surface area contributed by atoms with Gasteiger partial charge < -0.3 is 0 Å². The molecule has 0 saturated carbocycles. The number of hydrogen-bond acceptors (Lipinski definition) is 2. The van der Waals surface area contributed by atoms with Crippen LogP contribution < -0.4 is 0 Å². The molecule has 0 aliphatic heterocycles. The molecule has 0 heterocycles. The van der Waals surface area contributed by atoms with Crippen LogP contribution in [0.2, 0.25) is 5.02 Å². The number of carbonyl (C=O) groups excluding carboxylic acids is 1. The third-order valence-electron chi connectivity index (χ3n) is 2.34. The van der Waals surface area contributed by atoms with E-state index in [0.717, 1.165) is 5.56 Å². The fourth-order valence-corrected chi connectivity index (χ4v) is 1.58. The highest BCUT2D eigenvalue weighted by atomic mass is 35.5. The van der Waals surface area contributed by atoms with Crippen LogP contribution in [0, 0.1) is 24.2 Å². The summed E-state index contributed by atoms with van der Waals surface area (Å²) in [6.45, 7) is 3.65. The van der Waals surface area contributed by atoms with Crippen molar-refractivity contribution in [2.75, 3.05) is 0 Å². The van der Waals surface area contributed by atoms with Gasteiger partial charge in [0.2, 0.25) is 0 Å². The molecule has 0 spiro atoms. The first kappa shape index (κ1) is 11.7. The summed E-state index contributed by atoms with van der Waals surface area (Å²) >= 11 is 6.02. The van der Waals surface area contributed by atoms with Gasteiger partial charge in [0.15, 0.2) is 5.78 Å². The van der Waals surface area contributed by atoms with Gasteiger partial charge in [-0.2, -0.15) is 5.26 Å². The number of aryl methyl sites for hydroxylation is 1. The van der Waals surface area contributed by atoms with Crippen molar-refractivity contribution in [2.24, 2.45) is 5.92 Å². The van der Waals surface area contributed by atoms with Crippen LogP contribution in [0.4, 0.5) is 0 Å². The molecule has 0 aliphatic rings. The van der Waals surface area contributed by atoms with Crippen LogP contribution in [-0.2, 0) is 0 Å². The smallest absolute Gasteiger partial charge is 0.181 e. The number of rotatable bonds is 3. The highest BCUT2D eigenvalue weighted by Gasteiger charge is 2.20. The minimum absolute atomic E-state index is 0.186. The van der Waals surface area contributed by atoms with Crippen molar-refractivity contribution in [1.29, 1.82) is 5.26 Å². The van der Waals surface area contributed by atoms with Crippen LogP contribution in [-0.4, -0.2) is 5.78 Å². The molecule has 0 bridgehead atoms. The van der Waals surface area contributed by atoms with Crippen molar-refractivity contribution in [2.45, 2.75) is 20.3 Å². The molecule has 0 fully saturated rings. The molecule has 15 heavy (non-hydrogen) atoms. The van der Waals surface area contributed by atoms with Crippen LogP contribution in [0.15, 0.2) is 18.2 Å². The lowest BCUT2D eigenvalue weighted by atomic mass is 9.95.